The fourth-order valence-electron chi connectivity index (χ4n) is 3.52. The lowest BCUT2D eigenvalue weighted by Gasteiger charge is -2.33. The van der Waals surface area contributed by atoms with Gasteiger partial charge in [-0.25, -0.2) is 0 Å². The first-order valence-electron chi connectivity index (χ1n) is 8.72. The summed E-state index contributed by atoms with van der Waals surface area (Å²) in [7, 11) is 0. The van der Waals surface area contributed by atoms with Crippen LogP contribution in [-0.4, -0.2) is 37.3 Å². The summed E-state index contributed by atoms with van der Waals surface area (Å²) in [6, 6.07) is 3.94. The zero-order valence-corrected chi connectivity index (χ0v) is 15.4. The molecule has 1 unspecified atom stereocenters. The third kappa shape index (κ3) is 3.75. The number of nitrogens with zero attached hydrogens (tertiary/aromatic N) is 1. The molecule has 2 atom stereocenters. The largest absolute Gasteiger partial charge is 0.463 e. The highest BCUT2D eigenvalue weighted by Gasteiger charge is 2.43. The van der Waals surface area contributed by atoms with Crippen LogP contribution in [0.3, 0.4) is 0 Å². The zero-order chi connectivity index (χ0) is 17.8. The van der Waals surface area contributed by atoms with Gasteiger partial charge >= 0.3 is 5.97 Å². The normalized spacial score (nSPS) is 23.3. The highest BCUT2D eigenvalue weighted by atomic mass is 32.1. The van der Waals surface area contributed by atoms with Crippen LogP contribution in [0, 0.1) is 5.92 Å². The number of ketones is 1. The second-order valence-electron chi connectivity index (χ2n) is 6.23. The van der Waals surface area contributed by atoms with Crippen molar-refractivity contribution in [1.29, 1.82) is 0 Å². The summed E-state index contributed by atoms with van der Waals surface area (Å²) < 4.78 is 10.7. The molecule has 1 aliphatic carbocycles. The summed E-state index contributed by atoms with van der Waals surface area (Å²) in [5, 5.41) is 1.97. The standard InChI is InChI=1S/C19H23NO4S/c1-3-23-9-10-24-19(22)16-12(2)20-13-6-4-7-14(21)17(13)18(16)15-8-5-11-25-15/h5,8,11,16,18H,3-4,6-7,9-10H2,1-2H3/t16?,18-/m1/s1. The molecule has 0 radical (unpaired) electrons. The third-order valence-electron chi connectivity index (χ3n) is 4.61. The van der Waals surface area contributed by atoms with Crippen molar-refractivity contribution in [2.24, 2.45) is 10.9 Å². The van der Waals surface area contributed by atoms with E-state index in [1.165, 1.54) is 0 Å². The van der Waals surface area contributed by atoms with Gasteiger partial charge in [0.2, 0.25) is 0 Å². The molecule has 0 N–H and O–H groups in total. The Morgan fingerprint density at radius 3 is 2.92 bits per heavy atom. The van der Waals surface area contributed by atoms with Crippen LogP contribution in [0.2, 0.25) is 0 Å². The van der Waals surface area contributed by atoms with Crippen molar-refractivity contribution in [3.63, 3.8) is 0 Å². The number of carbonyl (C=O) groups is 2. The van der Waals surface area contributed by atoms with Crippen molar-refractivity contribution in [3.05, 3.63) is 33.7 Å². The molecule has 2 aliphatic rings. The highest BCUT2D eigenvalue weighted by molar-refractivity contribution is 7.10. The topological polar surface area (TPSA) is 65.0 Å². The van der Waals surface area contributed by atoms with Crippen LogP contribution in [0.25, 0.3) is 0 Å². The van der Waals surface area contributed by atoms with E-state index >= 15 is 0 Å². The second-order valence-corrected chi connectivity index (χ2v) is 7.20. The molecule has 5 nitrogen and oxygen atoms in total. The Morgan fingerprint density at radius 2 is 2.20 bits per heavy atom. The molecule has 3 rings (SSSR count). The van der Waals surface area contributed by atoms with Gasteiger partial charge in [-0.3, -0.25) is 14.6 Å². The number of ether oxygens (including phenoxy) is 2. The molecule has 6 heteroatoms. The lowest BCUT2D eigenvalue weighted by molar-refractivity contribution is -0.148. The van der Waals surface area contributed by atoms with Gasteiger partial charge in [-0.05, 0) is 38.1 Å². The van der Waals surface area contributed by atoms with Crippen LogP contribution < -0.4 is 0 Å². The Labute approximate surface area is 151 Å². The van der Waals surface area contributed by atoms with Crippen LogP contribution >= 0.6 is 11.3 Å². The van der Waals surface area contributed by atoms with E-state index in [9.17, 15) is 9.59 Å². The summed E-state index contributed by atoms with van der Waals surface area (Å²) in [4.78, 5) is 31.0. The SMILES string of the molecule is CCOCCOC(=O)C1C(C)=NC2=C(C(=O)CCC2)[C@@H]1c1cccs1. The first-order valence-corrected chi connectivity index (χ1v) is 9.60. The molecule has 0 bridgehead atoms. The smallest absolute Gasteiger partial charge is 0.315 e. The van der Waals surface area contributed by atoms with Gasteiger partial charge in [-0.1, -0.05) is 6.07 Å². The summed E-state index contributed by atoms with van der Waals surface area (Å²) in [6.07, 6.45) is 2.16. The molecule has 0 saturated heterocycles. The minimum atomic E-state index is -0.541. The van der Waals surface area contributed by atoms with Crippen LogP contribution in [0.5, 0.6) is 0 Å². The van der Waals surface area contributed by atoms with Crippen LogP contribution in [-0.2, 0) is 19.1 Å². The minimum Gasteiger partial charge on any atom is -0.463 e. The monoisotopic (exact) mass is 361 g/mol. The number of hydrogen-bond acceptors (Lipinski definition) is 6. The quantitative estimate of drug-likeness (QED) is 0.574. The van der Waals surface area contributed by atoms with E-state index < -0.39 is 5.92 Å². The van der Waals surface area contributed by atoms with Gasteiger partial charge in [0, 0.05) is 40.8 Å². The molecule has 25 heavy (non-hydrogen) atoms. The Kier molecular flexibility index (Phi) is 5.81. The van der Waals surface area contributed by atoms with Gasteiger partial charge in [-0.15, -0.1) is 11.3 Å². The fourth-order valence-corrected chi connectivity index (χ4v) is 4.39. The molecule has 0 amide bonds. The van der Waals surface area contributed by atoms with Crippen molar-refractivity contribution < 1.29 is 19.1 Å². The van der Waals surface area contributed by atoms with Gasteiger partial charge < -0.3 is 9.47 Å². The zero-order valence-electron chi connectivity index (χ0n) is 14.6. The lowest BCUT2D eigenvalue weighted by Crippen LogP contribution is -2.37. The molecule has 0 spiro atoms. The predicted octanol–water partition coefficient (Wildman–Crippen LogP) is 3.51. The van der Waals surface area contributed by atoms with Crippen LogP contribution in [0.4, 0.5) is 0 Å². The number of thiophene rings is 1. The molecule has 1 aromatic heterocycles. The first-order chi connectivity index (χ1) is 12.1. The Balaban J connectivity index is 1.91. The lowest BCUT2D eigenvalue weighted by atomic mass is 9.74. The van der Waals surface area contributed by atoms with E-state index in [4.69, 9.17) is 9.47 Å². The maximum absolute atomic E-state index is 12.8. The van der Waals surface area contributed by atoms with Crippen molar-refractivity contribution in [3.8, 4) is 0 Å². The van der Waals surface area contributed by atoms with Crippen molar-refractivity contribution in [1.82, 2.24) is 0 Å². The predicted molar refractivity (Wildman–Crippen MR) is 97.0 cm³/mol. The Morgan fingerprint density at radius 1 is 1.36 bits per heavy atom. The van der Waals surface area contributed by atoms with Crippen molar-refractivity contribution in [2.45, 2.75) is 39.0 Å². The van der Waals surface area contributed by atoms with E-state index in [1.807, 2.05) is 31.4 Å². The van der Waals surface area contributed by atoms with Gasteiger partial charge in [-0.2, -0.15) is 0 Å². The number of rotatable bonds is 6. The van der Waals surface area contributed by atoms with Crippen LogP contribution in [0.1, 0.15) is 43.9 Å². The van der Waals surface area contributed by atoms with Crippen LogP contribution in [0.15, 0.2) is 33.8 Å². The summed E-state index contributed by atoms with van der Waals surface area (Å²) in [5.74, 6) is -1.03. The highest BCUT2D eigenvalue weighted by Crippen LogP contribution is 2.44. The Bertz CT molecular complexity index is 705. The fraction of sp³-hybridized carbons (Fsp3) is 0.526. The third-order valence-corrected chi connectivity index (χ3v) is 5.57. The number of Topliss-reactive ketones (excluding diaryl/α,β-unsaturated/α-hetero) is 1. The van der Waals surface area contributed by atoms with E-state index in [2.05, 4.69) is 4.99 Å². The molecule has 134 valence electrons. The number of carbonyl (C=O) groups excluding carboxylic acids is 2. The maximum Gasteiger partial charge on any atom is 0.315 e. The van der Waals surface area contributed by atoms with Crippen molar-refractivity contribution >= 4 is 28.8 Å². The Hall–Kier alpha value is -1.79. The van der Waals surface area contributed by atoms with Crippen molar-refractivity contribution in [2.75, 3.05) is 19.8 Å². The molecule has 0 saturated carbocycles. The molecule has 1 aliphatic heterocycles. The van der Waals surface area contributed by atoms with Gasteiger partial charge in [0.05, 0.1) is 6.61 Å². The second kappa shape index (κ2) is 8.06. The van der Waals surface area contributed by atoms with Gasteiger partial charge in [0.25, 0.3) is 0 Å². The molecular weight excluding hydrogens is 338 g/mol. The van der Waals surface area contributed by atoms with E-state index in [0.717, 1.165) is 29.1 Å². The van der Waals surface area contributed by atoms with E-state index in [1.54, 1.807) is 11.3 Å². The minimum absolute atomic E-state index is 0.114. The average molecular weight is 361 g/mol. The summed E-state index contributed by atoms with van der Waals surface area (Å²) in [5.41, 5.74) is 2.30. The van der Waals surface area contributed by atoms with Gasteiger partial charge in [0.15, 0.2) is 5.78 Å². The van der Waals surface area contributed by atoms with Gasteiger partial charge in [0.1, 0.15) is 12.5 Å². The molecular formula is C19H23NO4S. The van der Waals surface area contributed by atoms with E-state index in [0.29, 0.717) is 25.2 Å². The maximum atomic E-state index is 12.8. The summed E-state index contributed by atoms with van der Waals surface area (Å²) >= 11 is 1.57. The molecule has 0 fully saturated rings. The number of hydrogen-bond donors (Lipinski definition) is 0. The summed E-state index contributed by atoms with van der Waals surface area (Å²) in [6.45, 7) is 4.94. The number of esters is 1. The average Bonchev–Trinajstić information content (AvgIpc) is 3.12. The molecule has 2 heterocycles. The number of aliphatic imine (C=N–C) groups is 1. The first kappa shape index (κ1) is 18.0. The molecule has 1 aromatic rings. The van der Waals surface area contributed by atoms with E-state index in [-0.39, 0.29) is 24.3 Å². The molecule has 0 aromatic carbocycles. The number of allylic oxidation sites excluding steroid dienone is 2.